The number of carbonyl (C=O) groups excluding carboxylic acids is 1. The van der Waals surface area contributed by atoms with E-state index in [9.17, 15) is 9.59 Å². The number of carbonyl (C=O) groups is 2. The largest absolute Gasteiger partial charge is 0.480 e. The number of thioether (sulfide) groups is 1. The first-order valence-corrected chi connectivity index (χ1v) is 7.44. The first-order chi connectivity index (χ1) is 9.52. The van der Waals surface area contributed by atoms with Gasteiger partial charge < -0.3 is 15.5 Å². The van der Waals surface area contributed by atoms with Gasteiger partial charge in [-0.2, -0.15) is 0 Å². The van der Waals surface area contributed by atoms with Crippen LogP contribution < -0.4 is 5.32 Å². The van der Waals surface area contributed by atoms with E-state index in [-0.39, 0.29) is 24.7 Å². The van der Waals surface area contributed by atoms with E-state index in [1.165, 1.54) is 17.3 Å². The second-order valence-corrected chi connectivity index (χ2v) is 5.44. The summed E-state index contributed by atoms with van der Waals surface area (Å²) in [5.74, 6) is -0.560. The van der Waals surface area contributed by atoms with Crippen LogP contribution in [0.1, 0.15) is 17.5 Å². The van der Waals surface area contributed by atoms with Crippen LogP contribution >= 0.6 is 11.8 Å². The van der Waals surface area contributed by atoms with Crippen molar-refractivity contribution < 1.29 is 19.8 Å². The molecule has 0 bridgehead atoms. The number of aliphatic hydroxyl groups is 1. The topological polar surface area (TPSA) is 86.6 Å². The Balaban J connectivity index is 2.34. The van der Waals surface area contributed by atoms with Crippen LogP contribution in [0.3, 0.4) is 0 Å². The standard InChI is InChI=1S/C14H19NO4S/c1-10-3-2-4-11(7-10)8-20-9-13(17)15-12(5-6-16)14(18)19/h2-4,7,12,16H,5-6,8-9H2,1H3,(H,15,17)(H,18,19)/t12-/m0/s1. The third kappa shape index (κ3) is 6.08. The normalized spacial score (nSPS) is 11.9. The third-order valence-corrected chi connectivity index (χ3v) is 3.64. The van der Waals surface area contributed by atoms with Crippen molar-refractivity contribution in [1.29, 1.82) is 0 Å². The molecule has 0 radical (unpaired) electrons. The zero-order valence-corrected chi connectivity index (χ0v) is 12.2. The molecule has 1 atom stereocenters. The van der Waals surface area contributed by atoms with Gasteiger partial charge >= 0.3 is 5.97 Å². The number of rotatable bonds is 8. The minimum atomic E-state index is -1.13. The molecule has 20 heavy (non-hydrogen) atoms. The Bertz CT molecular complexity index is 464. The second-order valence-electron chi connectivity index (χ2n) is 4.45. The number of nitrogens with one attached hydrogen (secondary N) is 1. The smallest absolute Gasteiger partial charge is 0.326 e. The molecule has 3 N–H and O–H groups in total. The molecule has 0 aromatic heterocycles. The molecule has 110 valence electrons. The van der Waals surface area contributed by atoms with Crippen molar-refractivity contribution in [2.24, 2.45) is 0 Å². The van der Waals surface area contributed by atoms with Crippen LogP contribution in [0.5, 0.6) is 0 Å². The Morgan fingerprint density at radius 3 is 2.75 bits per heavy atom. The Morgan fingerprint density at radius 2 is 2.15 bits per heavy atom. The number of aliphatic hydroxyl groups excluding tert-OH is 1. The van der Waals surface area contributed by atoms with E-state index < -0.39 is 12.0 Å². The van der Waals surface area contributed by atoms with E-state index in [1.807, 2.05) is 25.1 Å². The lowest BCUT2D eigenvalue weighted by Gasteiger charge is -2.12. The van der Waals surface area contributed by atoms with Gasteiger partial charge in [0.2, 0.25) is 5.91 Å². The summed E-state index contributed by atoms with van der Waals surface area (Å²) in [5.41, 5.74) is 2.30. The third-order valence-electron chi connectivity index (χ3n) is 2.64. The summed E-state index contributed by atoms with van der Waals surface area (Å²) < 4.78 is 0. The fourth-order valence-electron chi connectivity index (χ4n) is 1.69. The van der Waals surface area contributed by atoms with E-state index in [0.29, 0.717) is 5.75 Å². The molecule has 0 aliphatic carbocycles. The van der Waals surface area contributed by atoms with Crippen molar-refractivity contribution in [3.05, 3.63) is 35.4 Å². The summed E-state index contributed by atoms with van der Waals surface area (Å²) in [4.78, 5) is 22.4. The highest BCUT2D eigenvalue weighted by atomic mass is 32.2. The zero-order chi connectivity index (χ0) is 15.0. The number of aryl methyl sites for hydroxylation is 1. The maximum absolute atomic E-state index is 11.6. The fourth-order valence-corrected chi connectivity index (χ4v) is 2.47. The van der Waals surface area contributed by atoms with Crippen LogP contribution in [-0.2, 0) is 15.3 Å². The van der Waals surface area contributed by atoms with Gasteiger partial charge in [0.05, 0.1) is 5.75 Å². The molecule has 0 fully saturated rings. The second kappa shape index (κ2) is 8.60. The molecule has 1 rings (SSSR count). The van der Waals surface area contributed by atoms with Gasteiger partial charge in [-0.15, -0.1) is 11.8 Å². The van der Waals surface area contributed by atoms with Crippen molar-refractivity contribution in [3.63, 3.8) is 0 Å². The molecular formula is C14H19NO4S. The summed E-state index contributed by atoms with van der Waals surface area (Å²) in [6, 6.07) is 6.99. The molecule has 5 nitrogen and oxygen atoms in total. The van der Waals surface area contributed by atoms with Gasteiger partial charge in [0.15, 0.2) is 0 Å². The molecule has 1 aromatic rings. The van der Waals surface area contributed by atoms with Gasteiger partial charge in [0, 0.05) is 18.8 Å². The summed E-state index contributed by atoms with van der Waals surface area (Å²) in [5, 5.41) is 20.0. The Labute approximate surface area is 122 Å². The summed E-state index contributed by atoms with van der Waals surface area (Å²) in [7, 11) is 0. The molecule has 1 aromatic carbocycles. The first kappa shape index (κ1) is 16.5. The van der Waals surface area contributed by atoms with Crippen LogP contribution in [0, 0.1) is 6.92 Å². The lowest BCUT2D eigenvalue weighted by molar-refractivity contribution is -0.141. The van der Waals surface area contributed by atoms with Gasteiger partial charge in [-0.25, -0.2) is 4.79 Å². The molecule has 0 spiro atoms. The predicted octanol–water partition coefficient (Wildman–Crippen LogP) is 1.18. The average molecular weight is 297 g/mol. The van der Waals surface area contributed by atoms with Crippen molar-refractivity contribution >= 4 is 23.6 Å². The van der Waals surface area contributed by atoms with Gasteiger partial charge in [0.25, 0.3) is 0 Å². The molecular weight excluding hydrogens is 278 g/mol. The van der Waals surface area contributed by atoms with Crippen LogP contribution in [0.4, 0.5) is 0 Å². The number of aliphatic carboxylic acids is 1. The van der Waals surface area contributed by atoms with E-state index in [0.717, 1.165) is 5.56 Å². The van der Waals surface area contributed by atoms with Gasteiger partial charge in [0.1, 0.15) is 6.04 Å². The Kier molecular flexibility index (Phi) is 7.11. The van der Waals surface area contributed by atoms with Crippen LogP contribution in [0.25, 0.3) is 0 Å². The Morgan fingerprint density at radius 1 is 1.40 bits per heavy atom. The lowest BCUT2D eigenvalue weighted by atomic mass is 10.2. The van der Waals surface area contributed by atoms with Crippen molar-refractivity contribution in [2.75, 3.05) is 12.4 Å². The number of hydrogen-bond donors (Lipinski definition) is 3. The molecule has 0 heterocycles. The summed E-state index contributed by atoms with van der Waals surface area (Å²) in [6.45, 7) is 1.74. The number of amides is 1. The monoisotopic (exact) mass is 297 g/mol. The van der Waals surface area contributed by atoms with E-state index in [1.54, 1.807) is 0 Å². The van der Waals surface area contributed by atoms with E-state index >= 15 is 0 Å². The highest BCUT2D eigenvalue weighted by Crippen LogP contribution is 2.13. The maximum atomic E-state index is 11.6. The number of carboxylic acids is 1. The van der Waals surface area contributed by atoms with Gasteiger partial charge in [-0.1, -0.05) is 29.8 Å². The molecule has 0 saturated heterocycles. The van der Waals surface area contributed by atoms with Crippen LogP contribution in [-0.4, -0.2) is 40.5 Å². The predicted molar refractivity (Wildman–Crippen MR) is 78.6 cm³/mol. The van der Waals surface area contributed by atoms with Crippen LogP contribution in [0.15, 0.2) is 24.3 Å². The number of hydrogen-bond acceptors (Lipinski definition) is 4. The van der Waals surface area contributed by atoms with Crippen molar-refractivity contribution in [1.82, 2.24) is 5.32 Å². The van der Waals surface area contributed by atoms with Crippen molar-refractivity contribution in [3.8, 4) is 0 Å². The van der Waals surface area contributed by atoms with Gasteiger partial charge in [-0.3, -0.25) is 4.79 Å². The highest BCUT2D eigenvalue weighted by molar-refractivity contribution is 7.99. The summed E-state index contributed by atoms with van der Waals surface area (Å²) in [6.07, 6.45) is 0.0175. The van der Waals surface area contributed by atoms with E-state index in [4.69, 9.17) is 10.2 Å². The number of carboxylic acid groups (broad SMARTS) is 1. The molecule has 0 saturated carbocycles. The molecule has 0 unspecified atom stereocenters. The maximum Gasteiger partial charge on any atom is 0.326 e. The lowest BCUT2D eigenvalue weighted by Crippen LogP contribution is -2.42. The van der Waals surface area contributed by atoms with Crippen LogP contribution in [0.2, 0.25) is 0 Å². The average Bonchev–Trinajstić information content (AvgIpc) is 2.38. The van der Waals surface area contributed by atoms with E-state index in [2.05, 4.69) is 11.4 Å². The molecule has 0 aliphatic rings. The molecule has 1 amide bonds. The van der Waals surface area contributed by atoms with Crippen molar-refractivity contribution in [2.45, 2.75) is 25.1 Å². The minimum absolute atomic E-state index is 0.0175. The fraction of sp³-hybridized carbons (Fsp3) is 0.429. The molecule has 6 heteroatoms. The first-order valence-electron chi connectivity index (χ1n) is 6.29. The SMILES string of the molecule is Cc1cccc(CSCC(=O)N[C@@H](CCO)C(=O)O)c1. The highest BCUT2D eigenvalue weighted by Gasteiger charge is 2.18. The molecule has 0 aliphatic heterocycles. The zero-order valence-electron chi connectivity index (χ0n) is 11.3. The Hall–Kier alpha value is -1.53. The number of benzene rings is 1. The summed E-state index contributed by atoms with van der Waals surface area (Å²) >= 11 is 1.43. The minimum Gasteiger partial charge on any atom is -0.480 e. The quantitative estimate of drug-likeness (QED) is 0.671. The van der Waals surface area contributed by atoms with Gasteiger partial charge in [-0.05, 0) is 12.5 Å².